The molecule has 22 heavy (non-hydrogen) atoms. The fourth-order valence-corrected chi connectivity index (χ4v) is 2.70. The first kappa shape index (κ1) is 16.6. The lowest BCUT2D eigenvalue weighted by Crippen LogP contribution is -2.40. The standard InChI is InChI=1S/C15H18F3NO3/c1-19(21-2)13(20)10-14(7-4-8-14)11-5-3-6-12(9-11)22-15(16,17)18/h3,5-6,9H,4,7-8,10H2,1-2H3. The Labute approximate surface area is 126 Å². The highest BCUT2D eigenvalue weighted by Gasteiger charge is 2.41. The Morgan fingerprint density at radius 1 is 1.36 bits per heavy atom. The van der Waals surface area contributed by atoms with Crippen molar-refractivity contribution in [2.24, 2.45) is 0 Å². The summed E-state index contributed by atoms with van der Waals surface area (Å²) < 4.78 is 40.9. The van der Waals surface area contributed by atoms with E-state index in [0.717, 1.165) is 24.3 Å². The van der Waals surface area contributed by atoms with Gasteiger partial charge in [0.15, 0.2) is 0 Å². The number of nitrogens with zero attached hydrogens (tertiary/aromatic N) is 1. The van der Waals surface area contributed by atoms with Crippen LogP contribution in [0.3, 0.4) is 0 Å². The normalized spacial score (nSPS) is 16.8. The average molecular weight is 317 g/mol. The van der Waals surface area contributed by atoms with Crippen LogP contribution in [0.25, 0.3) is 0 Å². The largest absolute Gasteiger partial charge is 0.573 e. The lowest BCUT2D eigenvalue weighted by Gasteiger charge is -2.42. The maximum absolute atomic E-state index is 12.3. The van der Waals surface area contributed by atoms with Gasteiger partial charge in [0.1, 0.15) is 5.75 Å². The molecule has 0 atom stereocenters. The highest BCUT2D eigenvalue weighted by molar-refractivity contribution is 5.76. The van der Waals surface area contributed by atoms with Crippen LogP contribution in [0.4, 0.5) is 13.2 Å². The van der Waals surface area contributed by atoms with E-state index in [-0.39, 0.29) is 18.1 Å². The van der Waals surface area contributed by atoms with Crippen molar-refractivity contribution >= 4 is 5.91 Å². The quantitative estimate of drug-likeness (QED) is 0.781. The lowest BCUT2D eigenvalue weighted by atomic mass is 9.62. The maximum Gasteiger partial charge on any atom is 0.573 e. The monoisotopic (exact) mass is 317 g/mol. The Morgan fingerprint density at radius 2 is 2.05 bits per heavy atom. The first-order valence-electron chi connectivity index (χ1n) is 6.93. The number of hydroxylamine groups is 2. The van der Waals surface area contributed by atoms with Gasteiger partial charge in [0, 0.05) is 18.9 Å². The molecule has 1 aliphatic rings. The molecular weight excluding hydrogens is 299 g/mol. The third kappa shape index (κ3) is 3.71. The molecule has 0 N–H and O–H groups in total. The van der Waals surface area contributed by atoms with Crippen molar-refractivity contribution in [3.63, 3.8) is 0 Å². The number of amides is 1. The summed E-state index contributed by atoms with van der Waals surface area (Å²) in [5.74, 6) is -0.465. The first-order chi connectivity index (χ1) is 10.3. The minimum absolute atomic E-state index is 0.201. The number of hydrogen-bond donors (Lipinski definition) is 0. The fraction of sp³-hybridized carbons (Fsp3) is 0.533. The zero-order valence-corrected chi connectivity index (χ0v) is 12.4. The van der Waals surface area contributed by atoms with Crippen molar-refractivity contribution in [3.05, 3.63) is 29.8 Å². The highest BCUT2D eigenvalue weighted by Crippen LogP contribution is 2.47. The van der Waals surface area contributed by atoms with Gasteiger partial charge in [-0.3, -0.25) is 9.63 Å². The van der Waals surface area contributed by atoms with Crippen LogP contribution in [-0.4, -0.2) is 31.5 Å². The van der Waals surface area contributed by atoms with Gasteiger partial charge >= 0.3 is 6.36 Å². The van der Waals surface area contributed by atoms with Crippen molar-refractivity contribution in [2.45, 2.75) is 37.5 Å². The second kappa shape index (κ2) is 6.16. The minimum atomic E-state index is -4.72. The third-order valence-electron chi connectivity index (χ3n) is 4.11. The number of halogens is 3. The minimum Gasteiger partial charge on any atom is -0.406 e. The van der Waals surface area contributed by atoms with Crippen LogP contribution in [-0.2, 0) is 15.0 Å². The summed E-state index contributed by atoms with van der Waals surface area (Å²) in [5, 5.41) is 1.14. The van der Waals surface area contributed by atoms with Crippen LogP contribution >= 0.6 is 0 Å². The number of carbonyl (C=O) groups is 1. The SMILES string of the molecule is CON(C)C(=O)CC1(c2cccc(OC(F)(F)F)c2)CCC1. The Hall–Kier alpha value is -1.76. The van der Waals surface area contributed by atoms with E-state index in [1.165, 1.54) is 32.4 Å². The number of alkyl halides is 3. The summed E-state index contributed by atoms with van der Waals surface area (Å²) >= 11 is 0. The predicted molar refractivity (Wildman–Crippen MR) is 73.1 cm³/mol. The molecule has 0 spiro atoms. The van der Waals surface area contributed by atoms with Gasteiger partial charge in [0.05, 0.1) is 7.11 Å². The predicted octanol–water partition coefficient (Wildman–Crippen LogP) is 3.42. The lowest BCUT2D eigenvalue weighted by molar-refractivity contribution is -0.274. The van der Waals surface area contributed by atoms with Gasteiger partial charge in [-0.25, -0.2) is 5.06 Å². The molecule has 7 heteroatoms. The number of hydrogen-bond acceptors (Lipinski definition) is 3. The summed E-state index contributed by atoms with van der Waals surface area (Å²) in [5.41, 5.74) is 0.257. The van der Waals surface area contributed by atoms with Gasteiger partial charge in [-0.1, -0.05) is 18.6 Å². The molecule has 1 fully saturated rings. The summed E-state index contributed by atoms with van der Waals surface area (Å²) in [6, 6.07) is 5.88. The second-order valence-corrected chi connectivity index (χ2v) is 5.46. The summed E-state index contributed by atoms with van der Waals surface area (Å²) in [4.78, 5) is 16.9. The Bertz CT molecular complexity index is 541. The van der Waals surface area contributed by atoms with Crippen LogP contribution in [0, 0.1) is 0 Å². The van der Waals surface area contributed by atoms with Crippen LogP contribution in [0.2, 0.25) is 0 Å². The van der Waals surface area contributed by atoms with Crippen molar-refractivity contribution in [1.29, 1.82) is 0 Å². The number of carbonyl (C=O) groups excluding carboxylic acids is 1. The van der Waals surface area contributed by atoms with E-state index in [4.69, 9.17) is 4.84 Å². The van der Waals surface area contributed by atoms with Gasteiger partial charge in [-0.15, -0.1) is 13.2 Å². The molecule has 0 heterocycles. The molecule has 122 valence electrons. The molecule has 1 aliphatic carbocycles. The smallest absolute Gasteiger partial charge is 0.406 e. The summed E-state index contributed by atoms with van der Waals surface area (Å²) in [7, 11) is 2.90. The van der Waals surface area contributed by atoms with Gasteiger partial charge in [-0.05, 0) is 30.5 Å². The van der Waals surface area contributed by atoms with E-state index in [2.05, 4.69) is 4.74 Å². The molecule has 0 bridgehead atoms. The van der Waals surface area contributed by atoms with Crippen LogP contribution in [0.1, 0.15) is 31.2 Å². The molecule has 1 aromatic carbocycles. The molecule has 1 saturated carbocycles. The topological polar surface area (TPSA) is 38.8 Å². The van der Waals surface area contributed by atoms with Crippen molar-refractivity contribution in [2.75, 3.05) is 14.2 Å². The molecule has 1 amide bonds. The summed E-state index contributed by atoms with van der Waals surface area (Å²) in [6.07, 6.45) is -2.07. The fourth-order valence-electron chi connectivity index (χ4n) is 2.70. The van der Waals surface area contributed by atoms with E-state index in [1.807, 2.05) is 0 Å². The van der Waals surface area contributed by atoms with Crippen molar-refractivity contribution in [1.82, 2.24) is 5.06 Å². The Kier molecular flexibility index (Phi) is 4.65. The average Bonchev–Trinajstić information content (AvgIpc) is 2.40. The van der Waals surface area contributed by atoms with Gasteiger partial charge < -0.3 is 4.74 Å². The molecule has 0 saturated heterocycles. The van der Waals surface area contributed by atoms with E-state index in [0.29, 0.717) is 5.56 Å². The first-order valence-corrected chi connectivity index (χ1v) is 6.93. The van der Waals surface area contributed by atoms with Crippen molar-refractivity contribution < 1.29 is 27.5 Å². The van der Waals surface area contributed by atoms with E-state index in [1.54, 1.807) is 6.07 Å². The van der Waals surface area contributed by atoms with E-state index in [9.17, 15) is 18.0 Å². The van der Waals surface area contributed by atoms with Gasteiger partial charge in [-0.2, -0.15) is 0 Å². The molecule has 4 nitrogen and oxygen atoms in total. The molecule has 0 aromatic heterocycles. The zero-order chi connectivity index (χ0) is 16.4. The van der Waals surface area contributed by atoms with E-state index < -0.39 is 11.8 Å². The number of benzene rings is 1. The van der Waals surface area contributed by atoms with Crippen molar-refractivity contribution in [3.8, 4) is 5.75 Å². The molecule has 0 radical (unpaired) electrons. The van der Waals surface area contributed by atoms with Crippen LogP contribution in [0.5, 0.6) is 5.75 Å². The van der Waals surface area contributed by atoms with Gasteiger partial charge in [0.25, 0.3) is 0 Å². The van der Waals surface area contributed by atoms with Crippen LogP contribution in [0.15, 0.2) is 24.3 Å². The Morgan fingerprint density at radius 3 is 2.55 bits per heavy atom. The molecule has 0 aliphatic heterocycles. The second-order valence-electron chi connectivity index (χ2n) is 5.46. The Balaban J connectivity index is 2.20. The van der Waals surface area contributed by atoms with Gasteiger partial charge in [0.2, 0.25) is 5.91 Å². The number of ether oxygens (including phenoxy) is 1. The number of rotatable bonds is 5. The molecule has 0 unspecified atom stereocenters. The third-order valence-corrected chi connectivity index (χ3v) is 4.11. The maximum atomic E-state index is 12.3. The van der Waals surface area contributed by atoms with E-state index >= 15 is 0 Å². The highest BCUT2D eigenvalue weighted by atomic mass is 19.4. The zero-order valence-electron chi connectivity index (χ0n) is 12.4. The summed E-state index contributed by atoms with van der Waals surface area (Å²) in [6.45, 7) is 0. The molecular formula is C15H18F3NO3. The van der Waals surface area contributed by atoms with Crippen LogP contribution < -0.4 is 4.74 Å². The molecule has 2 rings (SSSR count). The molecule has 1 aromatic rings.